The van der Waals surface area contributed by atoms with Gasteiger partial charge in [-0.15, -0.1) is 5.10 Å². The first kappa shape index (κ1) is 16.0. The van der Waals surface area contributed by atoms with Crippen molar-refractivity contribution in [1.82, 2.24) is 14.8 Å². The molecule has 5 nitrogen and oxygen atoms in total. The van der Waals surface area contributed by atoms with E-state index in [0.29, 0.717) is 25.6 Å². The minimum absolute atomic E-state index is 0.204. The Morgan fingerprint density at radius 3 is 2.52 bits per heavy atom. The van der Waals surface area contributed by atoms with Crippen LogP contribution in [0.25, 0.3) is 17.1 Å². The van der Waals surface area contributed by atoms with E-state index in [9.17, 15) is 0 Å². The van der Waals surface area contributed by atoms with Crippen molar-refractivity contribution in [2.45, 2.75) is 19.4 Å². The highest BCUT2D eigenvalue weighted by atomic mass is 16.6. The summed E-state index contributed by atoms with van der Waals surface area (Å²) in [5.41, 5.74) is 3.27. The Morgan fingerprint density at radius 1 is 1.04 bits per heavy atom. The number of rotatable bonds is 4. The van der Waals surface area contributed by atoms with Crippen molar-refractivity contribution in [3.05, 3.63) is 66.0 Å². The standard InChI is InChI=1S/C20H21N3O2/c1-2-15-8-10-17(11-9-15)23-20(18-14-24-12-13-25-18)21-19(22-23)16-6-4-3-5-7-16/h3-11,18H,2,12-14H2,1H3. The minimum atomic E-state index is -0.204. The molecule has 1 fully saturated rings. The molecule has 0 bridgehead atoms. The Bertz CT molecular complexity index is 822. The molecule has 0 amide bonds. The molecule has 3 aromatic rings. The molecule has 2 heterocycles. The SMILES string of the molecule is CCc1ccc(-n2nc(-c3ccccc3)nc2C2COCCO2)cc1. The Balaban J connectivity index is 1.78. The largest absolute Gasteiger partial charge is 0.376 e. The van der Waals surface area contributed by atoms with Crippen molar-refractivity contribution >= 4 is 0 Å². The average molecular weight is 335 g/mol. The molecule has 1 aliphatic heterocycles. The number of hydrogen-bond donors (Lipinski definition) is 0. The zero-order valence-electron chi connectivity index (χ0n) is 14.3. The predicted molar refractivity (Wildman–Crippen MR) is 95.7 cm³/mol. The van der Waals surface area contributed by atoms with E-state index in [1.165, 1.54) is 5.56 Å². The zero-order valence-corrected chi connectivity index (χ0v) is 14.3. The van der Waals surface area contributed by atoms with E-state index in [0.717, 1.165) is 23.5 Å². The van der Waals surface area contributed by atoms with Gasteiger partial charge in [0.15, 0.2) is 11.6 Å². The molecule has 0 aliphatic carbocycles. The Labute approximate surface area is 147 Å². The van der Waals surface area contributed by atoms with Gasteiger partial charge < -0.3 is 9.47 Å². The molecular formula is C20H21N3O2. The monoisotopic (exact) mass is 335 g/mol. The van der Waals surface area contributed by atoms with Crippen LogP contribution < -0.4 is 0 Å². The van der Waals surface area contributed by atoms with Gasteiger partial charge in [0.05, 0.1) is 25.5 Å². The Kier molecular flexibility index (Phi) is 4.59. The van der Waals surface area contributed by atoms with Crippen LogP contribution in [0, 0.1) is 0 Å². The molecule has 5 heteroatoms. The highest BCUT2D eigenvalue weighted by Crippen LogP contribution is 2.25. The molecule has 0 spiro atoms. The van der Waals surface area contributed by atoms with Crippen molar-refractivity contribution in [1.29, 1.82) is 0 Å². The third-order valence-corrected chi connectivity index (χ3v) is 4.36. The first-order valence-corrected chi connectivity index (χ1v) is 8.66. The summed E-state index contributed by atoms with van der Waals surface area (Å²) >= 11 is 0. The van der Waals surface area contributed by atoms with Crippen LogP contribution in [-0.2, 0) is 15.9 Å². The Hall–Kier alpha value is -2.50. The summed E-state index contributed by atoms with van der Waals surface area (Å²) in [4.78, 5) is 4.77. The van der Waals surface area contributed by atoms with Crippen LogP contribution in [0.5, 0.6) is 0 Å². The third kappa shape index (κ3) is 3.34. The summed E-state index contributed by atoms with van der Waals surface area (Å²) in [6, 6.07) is 18.4. The molecule has 1 aliphatic rings. The molecule has 0 N–H and O–H groups in total. The fraction of sp³-hybridized carbons (Fsp3) is 0.300. The summed E-state index contributed by atoms with van der Waals surface area (Å²) < 4.78 is 13.3. The van der Waals surface area contributed by atoms with Crippen molar-refractivity contribution in [3.63, 3.8) is 0 Å². The quantitative estimate of drug-likeness (QED) is 0.731. The van der Waals surface area contributed by atoms with Gasteiger partial charge in [0, 0.05) is 5.56 Å². The highest BCUT2D eigenvalue weighted by Gasteiger charge is 2.25. The van der Waals surface area contributed by atoms with E-state index in [2.05, 4.69) is 31.2 Å². The van der Waals surface area contributed by atoms with E-state index in [-0.39, 0.29) is 6.10 Å². The van der Waals surface area contributed by atoms with E-state index >= 15 is 0 Å². The average Bonchev–Trinajstić information content (AvgIpc) is 3.15. The van der Waals surface area contributed by atoms with Gasteiger partial charge in [-0.2, -0.15) is 0 Å². The molecule has 25 heavy (non-hydrogen) atoms. The predicted octanol–water partition coefficient (Wildman–Crippen LogP) is 3.58. The van der Waals surface area contributed by atoms with Crippen LogP contribution in [0.2, 0.25) is 0 Å². The second-order valence-electron chi connectivity index (χ2n) is 6.03. The second-order valence-corrected chi connectivity index (χ2v) is 6.03. The maximum Gasteiger partial charge on any atom is 0.181 e. The molecule has 1 unspecified atom stereocenters. The van der Waals surface area contributed by atoms with E-state index in [1.54, 1.807) is 0 Å². The van der Waals surface area contributed by atoms with Gasteiger partial charge in [0.25, 0.3) is 0 Å². The summed E-state index contributed by atoms with van der Waals surface area (Å²) in [5, 5.41) is 4.75. The lowest BCUT2D eigenvalue weighted by Gasteiger charge is -2.22. The highest BCUT2D eigenvalue weighted by molar-refractivity contribution is 5.55. The first-order chi connectivity index (χ1) is 12.3. The molecule has 0 radical (unpaired) electrons. The number of ether oxygens (including phenoxy) is 2. The number of benzene rings is 2. The van der Waals surface area contributed by atoms with E-state index in [4.69, 9.17) is 19.6 Å². The van der Waals surface area contributed by atoms with Crippen LogP contribution in [0.4, 0.5) is 0 Å². The van der Waals surface area contributed by atoms with Gasteiger partial charge in [-0.25, -0.2) is 9.67 Å². The van der Waals surface area contributed by atoms with Gasteiger partial charge in [0.1, 0.15) is 6.10 Å². The molecule has 0 saturated carbocycles. The number of nitrogens with zero attached hydrogens (tertiary/aromatic N) is 3. The number of hydrogen-bond acceptors (Lipinski definition) is 4. The summed E-state index contributed by atoms with van der Waals surface area (Å²) in [6.45, 7) is 3.85. The number of aryl methyl sites for hydroxylation is 1. The van der Waals surface area contributed by atoms with Gasteiger partial charge in [-0.05, 0) is 24.1 Å². The normalized spacial score (nSPS) is 17.6. The topological polar surface area (TPSA) is 49.2 Å². The van der Waals surface area contributed by atoms with Crippen LogP contribution in [0.3, 0.4) is 0 Å². The summed E-state index contributed by atoms with van der Waals surface area (Å²) in [6.07, 6.45) is 0.809. The summed E-state index contributed by atoms with van der Waals surface area (Å²) in [7, 11) is 0. The summed E-state index contributed by atoms with van der Waals surface area (Å²) in [5.74, 6) is 1.48. The van der Waals surface area contributed by atoms with Crippen LogP contribution in [0.15, 0.2) is 54.6 Å². The van der Waals surface area contributed by atoms with Crippen molar-refractivity contribution in [2.24, 2.45) is 0 Å². The molecule has 2 aromatic carbocycles. The van der Waals surface area contributed by atoms with E-state index in [1.807, 2.05) is 35.0 Å². The van der Waals surface area contributed by atoms with Crippen molar-refractivity contribution in [2.75, 3.05) is 19.8 Å². The first-order valence-electron chi connectivity index (χ1n) is 8.66. The smallest absolute Gasteiger partial charge is 0.181 e. The molecule has 128 valence electrons. The van der Waals surface area contributed by atoms with Crippen LogP contribution in [0.1, 0.15) is 24.4 Å². The Morgan fingerprint density at radius 2 is 1.84 bits per heavy atom. The lowest BCUT2D eigenvalue weighted by atomic mass is 10.1. The second kappa shape index (κ2) is 7.17. The zero-order chi connectivity index (χ0) is 17.1. The molecule has 1 saturated heterocycles. The van der Waals surface area contributed by atoms with Gasteiger partial charge >= 0.3 is 0 Å². The van der Waals surface area contributed by atoms with Gasteiger partial charge in [0.2, 0.25) is 0 Å². The van der Waals surface area contributed by atoms with Crippen molar-refractivity contribution < 1.29 is 9.47 Å². The molecule has 1 aromatic heterocycles. The fourth-order valence-electron chi connectivity index (χ4n) is 2.94. The lowest BCUT2D eigenvalue weighted by molar-refractivity contribution is -0.0942. The van der Waals surface area contributed by atoms with Gasteiger partial charge in [-0.1, -0.05) is 49.4 Å². The lowest BCUT2D eigenvalue weighted by Crippen LogP contribution is -2.24. The number of aromatic nitrogens is 3. The maximum atomic E-state index is 5.87. The molecule has 4 rings (SSSR count). The van der Waals surface area contributed by atoms with Crippen LogP contribution >= 0.6 is 0 Å². The van der Waals surface area contributed by atoms with Crippen LogP contribution in [-0.4, -0.2) is 34.6 Å². The fourth-order valence-corrected chi connectivity index (χ4v) is 2.94. The van der Waals surface area contributed by atoms with E-state index < -0.39 is 0 Å². The van der Waals surface area contributed by atoms with Gasteiger partial charge in [-0.3, -0.25) is 0 Å². The maximum absolute atomic E-state index is 5.87. The minimum Gasteiger partial charge on any atom is -0.376 e. The van der Waals surface area contributed by atoms with Crippen molar-refractivity contribution in [3.8, 4) is 17.1 Å². The molecule has 1 atom stereocenters. The third-order valence-electron chi connectivity index (χ3n) is 4.36. The molecular weight excluding hydrogens is 314 g/mol.